The molecular weight excluding hydrogens is 282 g/mol. The number of nitrogens with zero attached hydrogens (tertiary/aromatic N) is 4. The molecule has 0 fully saturated rings. The van der Waals surface area contributed by atoms with Crippen molar-refractivity contribution in [2.24, 2.45) is 5.22 Å². The molecule has 0 aliphatic rings. The van der Waals surface area contributed by atoms with E-state index >= 15 is 0 Å². The number of nitrogens with one attached hydrogen (secondary N) is 3. The maximum atomic E-state index is 9.18. The maximum Gasteiger partial charge on any atom is 0.138 e. The van der Waals surface area contributed by atoms with Crippen molar-refractivity contribution >= 4 is 6.34 Å². The minimum atomic E-state index is -0.345. The van der Waals surface area contributed by atoms with Gasteiger partial charge in [-0.05, 0) is 24.6 Å². The highest BCUT2D eigenvalue weighted by Crippen LogP contribution is 2.27. The molecule has 22 heavy (non-hydrogen) atoms. The van der Waals surface area contributed by atoms with E-state index in [1.807, 2.05) is 6.07 Å². The Labute approximate surface area is 127 Å². The first-order valence-electron chi connectivity index (χ1n) is 6.52. The number of hydrogen-bond acceptors (Lipinski definition) is 6. The lowest BCUT2D eigenvalue weighted by Crippen LogP contribution is -2.29. The molecule has 0 saturated carbocycles. The van der Waals surface area contributed by atoms with Crippen LogP contribution in [-0.2, 0) is 0 Å². The SMILES string of the molecule is C[C@@H](CN(C=N)N=N)Oc1cc(-c2cn[nH]c2)ccc1C#N. The minimum absolute atomic E-state index is 0.244. The second-order valence-corrected chi connectivity index (χ2v) is 4.59. The number of rotatable bonds is 7. The summed E-state index contributed by atoms with van der Waals surface area (Å²) in [6.07, 6.45) is 4.04. The van der Waals surface area contributed by atoms with E-state index in [9.17, 15) is 5.26 Å². The van der Waals surface area contributed by atoms with E-state index in [4.69, 9.17) is 15.7 Å². The fraction of sp³-hybridized carbons (Fsp3) is 0.214. The van der Waals surface area contributed by atoms with Crippen LogP contribution in [0.3, 0.4) is 0 Å². The largest absolute Gasteiger partial charge is 0.487 e. The number of nitriles is 1. The predicted octanol–water partition coefficient (Wildman–Crippen LogP) is 2.57. The Balaban J connectivity index is 2.21. The first-order chi connectivity index (χ1) is 10.7. The predicted molar refractivity (Wildman–Crippen MR) is 79.5 cm³/mol. The van der Waals surface area contributed by atoms with Crippen LogP contribution in [-0.4, -0.2) is 34.2 Å². The van der Waals surface area contributed by atoms with Crippen molar-refractivity contribution in [2.75, 3.05) is 6.54 Å². The molecule has 8 heteroatoms. The Kier molecular flexibility index (Phi) is 4.82. The lowest BCUT2D eigenvalue weighted by atomic mass is 10.1. The molecule has 0 unspecified atom stereocenters. The third kappa shape index (κ3) is 3.46. The highest BCUT2D eigenvalue weighted by Gasteiger charge is 2.13. The first kappa shape index (κ1) is 15.2. The van der Waals surface area contributed by atoms with Crippen LogP contribution in [0.15, 0.2) is 35.8 Å². The van der Waals surface area contributed by atoms with Crippen molar-refractivity contribution < 1.29 is 4.74 Å². The zero-order valence-corrected chi connectivity index (χ0v) is 11.9. The summed E-state index contributed by atoms with van der Waals surface area (Å²) in [5.41, 5.74) is 9.11. The van der Waals surface area contributed by atoms with Crippen molar-refractivity contribution in [3.8, 4) is 22.9 Å². The van der Waals surface area contributed by atoms with E-state index in [1.54, 1.807) is 31.5 Å². The Morgan fingerprint density at radius 2 is 2.36 bits per heavy atom. The molecule has 0 saturated heterocycles. The van der Waals surface area contributed by atoms with Crippen molar-refractivity contribution in [3.05, 3.63) is 36.2 Å². The van der Waals surface area contributed by atoms with Crippen molar-refractivity contribution in [2.45, 2.75) is 13.0 Å². The fourth-order valence-corrected chi connectivity index (χ4v) is 1.94. The van der Waals surface area contributed by atoms with Crippen LogP contribution in [0.5, 0.6) is 5.75 Å². The zero-order chi connectivity index (χ0) is 15.9. The van der Waals surface area contributed by atoms with Gasteiger partial charge in [-0.1, -0.05) is 11.3 Å². The van der Waals surface area contributed by atoms with Crippen LogP contribution in [0.2, 0.25) is 0 Å². The Morgan fingerprint density at radius 3 is 2.95 bits per heavy atom. The quantitative estimate of drug-likeness (QED) is 0.314. The van der Waals surface area contributed by atoms with E-state index in [1.165, 1.54) is 0 Å². The van der Waals surface area contributed by atoms with E-state index in [0.717, 1.165) is 22.5 Å². The van der Waals surface area contributed by atoms with Gasteiger partial charge in [-0.25, -0.2) is 5.01 Å². The molecule has 1 aromatic heterocycles. The van der Waals surface area contributed by atoms with Crippen LogP contribution in [0.4, 0.5) is 0 Å². The monoisotopic (exact) mass is 297 g/mol. The highest BCUT2D eigenvalue weighted by atomic mass is 16.5. The van der Waals surface area contributed by atoms with Crippen molar-refractivity contribution in [1.82, 2.24) is 15.2 Å². The van der Waals surface area contributed by atoms with Gasteiger partial charge in [0, 0.05) is 11.8 Å². The minimum Gasteiger partial charge on any atom is -0.487 e. The maximum absolute atomic E-state index is 9.18. The van der Waals surface area contributed by atoms with Crippen LogP contribution < -0.4 is 4.74 Å². The average Bonchev–Trinajstić information content (AvgIpc) is 3.07. The van der Waals surface area contributed by atoms with Gasteiger partial charge < -0.3 is 4.74 Å². The van der Waals surface area contributed by atoms with E-state index in [0.29, 0.717) is 11.3 Å². The molecule has 2 rings (SSSR count). The van der Waals surface area contributed by atoms with Crippen LogP contribution >= 0.6 is 0 Å². The van der Waals surface area contributed by atoms with Gasteiger partial charge in [0.15, 0.2) is 0 Å². The molecule has 0 aliphatic heterocycles. The van der Waals surface area contributed by atoms with E-state index in [2.05, 4.69) is 21.5 Å². The molecule has 0 amide bonds. The highest BCUT2D eigenvalue weighted by molar-refractivity contribution is 5.66. The van der Waals surface area contributed by atoms with E-state index < -0.39 is 0 Å². The van der Waals surface area contributed by atoms with E-state index in [-0.39, 0.29) is 12.6 Å². The molecule has 1 atom stereocenters. The van der Waals surface area contributed by atoms with Gasteiger partial charge in [0.25, 0.3) is 0 Å². The van der Waals surface area contributed by atoms with Crippen LogP contribution in [0, 0.1) is 22.3 Å². The average molecular weight is 297 g/mol. The van der Waals surface area contributed by atoms with Gasteiger partial charge >= 0.3 is 0 Å². The van der Waals surface area contributed by atoms with Gasteiger partial charge in [0.1, 0.15) is 24.3 Å². The smallest absolute Gasteiger partial charge is 0.138 e. The molecule has 0 bridgehead atoms. The van der Waals surface area contributed by atoms with Gasteiger partial charge in [-0.15, -0.1) is 0 Å². The first-order valence-corrected chi connectivity index (χ1v) is 6.52. The molecular formula is C14H15N7O. The normalized spacial score (nSPS) is 11.3. The molecule has 1 heterocycles. The lowest BCUT2D eigenvalue weighted by molar-refractivity contribution is 0.181. The summed E-state index contributed by atoms with van der Waals surface area (Å²) in [7, 11) is 0. The molecule has 0 aliphatic carbocycles. The summed E-state index contributed by atoms with van der Waals surface area (Å²) >= 11 is 0. The number of hydrogen-bond donors (Lipinski definition) is 3. The zero-order valence-electron chi connectivity index (χ0n) is 11.9. The number of benzene rings is 1. The number of aromatic amines is 1. The summed E-state index contributed by atoms with van der Waals surface area (Å²) in [5.74, 6) is 0.448. The van der Waals surface area contributed by atoms with Crippen molar-refractivity contribution in [1.29, 1.82) is 16.2 Å². The standard InChI is InChI=1S/C14H15N7O/c1-10(8-21(9-16)20-17)22-14-4-11(2-3-12(14)5-15)13-6-18-19-7-13/h2-4,6-7,9-10,16-17H,8H2,1H3,(H,18,19)/t10-/m0/s1. The summed E-state index contributed by atoms with van der Waals surface area (Å²) in [4.78, 5) is 0. The topological polar surface area (TPSA) is 125 Å². The van der Waals surface area contributed by atoms with Crippen LogP contribution in [0.1, 0.15) is 12.5 Å². The summed E-state index contributed by atoms with van der Waals surface area (Å²) < 4.78 is 5.77. The molecule has 8 nitrogen and oxygen atoms in total. The molecule has 0 radical (unpaired) electrons. The number of aromatic nitrogens is 2. The summed E-state index contributed by atoms with van der Waals surface area (Å²) in [6.45, 7) is 2.03. The summed E-state index contributed by atoms with van der Waals surface area (Å²) in [5, 5.41) is 27.2. The van der Waals surface area contributed by atoms with Gasteiger partial charge in [0.2, 0.25) is 0 Å². The summed E-state index contributed by atoms with van der Waals surface area (Å²) in [6, 6.07) is 7.37. The Hall–Kier alpha value is -3.21. The van der Waals surface area contributed by atoms with Crippen LogP contribution in [0.25, 0.3) is 11.1 Å². The third-order valence-corrected chi connectivity index (χ3v) is 2.98. The van der Waals surface area contributed by atoms with Gasteiger partial charge in [-0.3, -0.25) is 10.5 Å². The van der Waals surface area contributed by atoms with Crippen molar-refractivity contribution in [3.63, 3.8) is 0 Å². The molecule has 112 valence electrons. The third-order valence-electron chi connectivity index (χ3n) is 2.98. The number of H-pyrrole nitrogens is 1. The molecule has 2 aromatic rings. The Morgan fingerprint density at radius 1 is 1.55 bits per heavy atom. The lowest BCUT2D eigenvalue weighted by Gasteiger charge is -2.19. The molecule has 0 spiro atoms. The fourth-order valence-electron chi connectivity index (χ4n) is 1.94. The second kappa shape index (κ2) is 6.99. The Bertz CT molecular complexity index is 682. The van der Waals surface area contributed by atoms with Gasteiger partial charge in [-0.2, -0.15) is 15.9 Å². The second-order valence-electron chi connectivity index (χ2n) is 4.59. The molecule has 3 N–H and O–H groups in total. The molecule has 1 aromatic carbocycles. The van der Waals surface area contributed by atoms with Gasteiger partial charge in [0.05, 0.1) is 18.3 Å². The number of ether oxygens (including phenoxy) is 1.